The van der Waals surface area contributed by atoms with Crippen molar-refractivity contribution in [3.8, 4) is 0 Å². The molecular weight excluding hydrogens is 323 g/mol. The molecule has 1 atom stereocenters. The van der Waals surface area contributed by atoms with E-state index in [0.29, 0.717) is 17.5 Å². The maximum absolute atomic E-state index is 13.3. The zero-order valence-electron chi connectivity index (χ0n) is 9.49. The quantitative estimate of drug-likeness (QED) is 0.672. The van der Waals surface area contributed by atoms with Gasteiger partial charge in [0.15, 0.2) is 0 Å². The van der Waals surface area contributed by atoms with E-state index in [-0.39, 0.29) is 10.2 Å². The Kier molecular flexibility index (Phi) is 4.45. The molecule has 0 bridgehead atoms. The van der Waals surface area contributed by atoms with Gasteiger partial charge in [0.05, 0.1) is 15.5 Å². The van der Waals surface area contributed by atoms with Crippen molar-refractivity contribution in [2.24, 2.45) is 0 Å². The van der Waals surface area contributed by atoms with Crippen LogP contribution in [0.25, 0.3) is 0 Å². The molecule has 0 amide bonds. The van der Waals surface area contributed by atoms with Crippen LogP contribution in [0.5, 0.6) is 0 Å². The van der Waals surface area contributed by atoms with Crippen LogP contribution in [0.2, 0.25) is 0 Å². The number of hydrogen-bond donors (Lipinski definition) is 1. The SMILES string of the molecule is O=[N+]([O-])c1cc(F)c(Br)cc1NCC1CCCS1. The molecule has 2 rings (SSSR count). The lowest BCUT2D eigenvalue weighted by molar-refractivity contribution is -0.384. The number of hydrogen-bond acceptors (Lipinski definition) is 4. The summed E-state index contributed by atoms with van der Waals surface area (Å²) >= 11 is 4.91. The topological polar surface area (TPSA) is 55.2 Å². The Morgan fingerprint density at radius 3 is 3.00 bits per heavy atom. The van der Waals surface area contributed by atoms with Crippen molar-refractivity contribution < 1.29 is 9.31 Å². The number of nitrogens with zero attached hydrogens (tertiary/aromatic N) is 1. The number of nitro benzene ring substituents is 1. The molecule has 1 aromatic carbocycles. The standard InChI is InChI=1S/C11H12BrFN2O2S/c12-8-4-10(11(15(16)17)5-9(8)13)14-6-7-2-1-3-18-7/h4-5,7,14H,1-3,6H2. The fraction of sp³-hybridized carbons (Fsp3) is 0.455. The molecule has 4 nitrogen and oxygen atoms in total. The van der Waals surface area contributed by atoms with Crippen LogP contribution >= 0.6 is 27.7 Å². The summed E-state index contributed by atoms with van der Waals surface area (Å²) < 4.78 is 13.5. The number of nitro groups is 1. The van der Waals surface area contributed by atoms with Gasteiger partial charge in [0.25, 0.3) is 5.69 Å². The lowest BCUT2D eigenvalue weighted by Crippen LogP contribution is -2.14. The third-order valence-electron chi connectivity index (χ3n) is 2.78. The zero-order valence-corrected chi connectivity index (χ0v) is 11.9. The molecule has 0 aliphatic carbocycles. The smallest absolute Gasteiger partial charge is 0.295 e. The van der Waals surface area contributed by atoms with Crippen LogP contribution in [0.15, 0.2) is 16.6 Å². The van der Waals surface area contributed by atoms with Gasteiger partial charge in [-0.25, -0.2) is 4.39 Å². The summed E-state index contributed by atoms with van der Waals surface area (Å²) in [6.45, 7) is 0.670. The van der Waals surface area contributed by atoms with Gasteiger partial charge < -0.3 is 5.32 Å². The summed E-state index contributed by atoms with van der Waals surface area (Å²) in [4.78, 5) is 10.3. The Morgan fingerprint density at radius 2 is 2.39 bits per heavy atom. The normalized spacial score (nSPS) is 18.9. The molecule has 0 spiro atoms. The summed E-state index contributed by atoms with van der Waals surface area (Å²) in [7, 11) is 0. The average Bonchev–Trinajstić information content (AvgIpc) is 2.83. The Balaban J connectivity index is 2.14. The molecule has 1 N–H and O–H groups in total. The van der Waals surface area contributed by atoms with Crippen molar-refractivity contribution in [1.82, 2.24) is 0 Å². The van der Waals surface area contributed by atoms with E-state index in [1.807, 2.05) is 11.8 Å². The van der Waals surface area contributed by atoms with Crippen LogP contribution < -0.4 is 5.32 Å². The molecule has 1 aliphatic rings. The first-order chi connectivity index (χ1) is 8.58. The first kappa shape index (κ1) is 13.6. The second-order valence-corrected chi connectivity index (χ2v) is 6.32. The monoisotopic (exact) mass is 334 g/mol. The predicted molar refractivity (Wildman–Crippen MR) is 74.7 cm³/mol. The summed E-state index contributed by atoms with van der Waals surface area (Å²) in [5.74, 6) is 0.518. The van der Waals surface area contributed by atoms with Gasteiger partial charge in [0.1, 0.15) is 11.5 Å². The third-order valence-corrected chi connectivity index (χ3v) is 4.79. The van der Waals surface area contributed by atoms with Crippen molar-refractivity contribution >= 4 is 39.1 Å². The second kappa shape index (κ2) is 5.88. The maximum atomic E-state index is 13.3. The molecule has 1 saturated heterocycles. The van der Waals surface area contributed by atoms with E-state index in [1.54, 1.807) is 0 Å². The molecule has 1 aromatic rings. The van der Waals surface area contributed by atoms with Crippen molar-refractivity contribution in [3.63, 3.8) is 0 Å². The summed E-state index contributed by atoms with van der Waals surface area (Å²) in [5, 5.41) is 14.4. The van der Waals surface area contributed by atoms with E-state index in [4.69, 9.17) is 0 Å². The first-order valence-electron chi connectivity index (χ1n) is 5.57. The second-order valence-electron chi connectivity index (χ2n) is 4.06. The highest BCUT2D eigenvalue weighted by molar-refractivity contribution is 9.10. The summed E-state index contributed by atoms with van der Waals surface area (Å²) in [6, 6.07) is 2.36. The molecule has 1 aliphatic heterocycles. The largest absolute Gasteiger partial charge is 0.378 e. The number of benzene rings is 1. The van der Waals surface area contributed by atoms with Crippen molar-refractivity contribution in [3.05, 3.63) is 32.5 Å². The average molecular weight is 335 g/mol. The molecular formula is C11H12BrFN2O2S. The number of rotatable bonds is 4. The molecule has 0 saturated carbocycles. The predicted octanol–water partition coefficient (Wildman–Crippen LogP) is 3.80. The van der Waals surface area contributed by atoms with Gasteiger partial charge in [-0.1, -0.05) is 0 Å². The van der Waals surface area contributed by atoms with Crippen LogP contribution in [0.4, 0.5) is 15.8 Å². The van der Waals surface area contributed by atoms with Crippen LogP contribution in [-0.2, 0) is 0 Å². The van der Waals surface area contributed by atoms with E-state index in [2.05, 4.69) is 21.2 Å². The highest BCUT2D eigenvalue weighted by Gasteiger charge is 2.20. The van der Waals surface area contributed by atoms with Gasteiger partial charge >= 0.3 is 0 Å². The molecule has 1 unspecified atom stereocenters. The van der Waals surface area contributed by atoms with Gasteiger partial charge in [0, 0.05) is 11.8 Å². The van der Waals surface area contributed by atoms with E-state index >= 15 is 0 Å². The highest BCUT2D eigenvalue weighted by atomic mass is 79.9. The number of thioether (sulfide) groups is 1. The van der Waals surface area contributed by atoms with Crippen LogP contribution in [0.3, 0.4) is 0 Å². The Labute approximate surface area is 117 Å². The molecule has 1 fully saturated rings. The summed E-state index contributed by atoms with van der Waals surface area (Å²) in [6.07, 6.45) is 2.31. The van der Waals surface area contributed by atoms with E-state index < -0.39 is 10.7 Å². The Hall–Kier alpha value is -0.820. The van der Waals surface area contributed by atoms with Gasteiger partial charge in [-0.3, -0.25) is 10.1 Å². The van der Waals surface area contributed by atoms with Crippen LogP contribution in [-0.4, -0.2) is 22.5 Å². The Morgan fingerprint density at radius 1 is 1.61 bits per heavy atom. The van der Waals surface area contributed by atoms with E-state index in [0.717, 1.165) is 18.2 Å². The minimum Gasteiger partial charge on any atom is -0.378 e. The zero-order chi connectivity index (χ0) is 13.1. The summed E-state index contributed by atoms with van der Waals surface area (Å²) in [5.41, 5.74) is 0.138. The van der Waals surface area contributed by atoms with Gasteiger partial charge in [0.2, 0.25) is 0 Å². The molecule has 18 heavy (non-hydrogen) atoms. The fourth-order valence-electron chi connectivity index (χ4n) is 1.86. The lowest BCUT2D eigenvalue weighted by Gasteiger charge is -2.12. The fourth-order valence-corrected chi connectivity index (χ4v) is 3.40. The van der Waals surface area contributed by atoms with Crippen LogP contribution in [0, 0.1) is 15.9 Å². The molecule has 1 heterocycles. The van der Waals surface area contributed by atoms with E-state index in [9.17, 15) is 14.5 Å². The highest BCUT2D eigenvalue weighted by Crippen LogP contribution is 2.32. The van der Waals surface area contributed by atoms with Gasteiger partial charge in [-0.05, 0) is 40.6 Å². The van der Waals surface area contributed by atoms with Crippen LogP contribution in [0.1, 0.15) is 12.8 Å². The molecule has 0 aromatic heterocycles. The number of nitrogens with one attached hydrogen (secondary N) is 1. The van der Waals surface area contributed by atoms with Crippen molar-refractivity contribution in [1.29, 1.82) is 0 Å². The first-order valence-corrected chi connectivity index (χ1v) is 7.41. The van der Waals surface area contributed by atoms with Gasteiger partial charge in [-0.2, -0.15) is 11.8 Å². The van der Waals surface area contributed by atoms with Gasteiger partial charge in [-0.15, -0.1) is 0 Å². The molecule has 0 radical (unpaired) electrons. The third kappa shape index (κ3) is 3.14. The number of halogens is 2. The lowest BCUT2D eigenvalue weighted by atomic mass is 10.2. The van der Waals surface area contributed by atoms with Crippen molar-refractivity contribution in [2.45, 2.75) is 18.1 Å². The van der Waals surface area contributed by atoms with E-state index in [1.165, 1.54) is 12.5 Å². The minimum atomic E-state index is -0.623. The molecule has 98 valence electrons. The molecule has 7 heteroatoms. The van der Waals surface area contributed by atoms with Crippen molar-refractivity contribution in [2.75, 3.05) is 17.6 Å². The minimum absolute atomic E-state index is 0.223. The maximum Gasteiger partial charge on any atom is 0.295 e. The Bertz CT molecular complexity index is 467. The number of anilines is 1.